The van der Waals surface area contributed by atoms with Gasteiger partial charge in [0.15, 0.2) is 5.96 Å². The van der Waals surface area contributed by atoms with Gasteiger partial charge in [-0.1, -0.05) is 12.1 Å². The monoisotopic (exact) mass is 351 g/mol. The summed E-state index contributed by atoms with van der Waals surface area (Å²) in [5, 5.41) is 6.56. The topological polar surface area (TPSA) is 64.1 Å². The minimum atomic E-state index is 0.615. The summed E-state index contributed by atoms with van der Waals surface area (Å²) in [5.41, 5.74) is 1.15. The van der Waals surface area contributed by atoms with Gasteiger partial charge in [0.25, 0.3) is 0 Å². The maximum atomic E-state index is 5.69. The summed E-state index contributed by atoms with van der Waals surface area (Å²) in [4.78, 5) is 4.56. The van der Waals surface area contributed by atoms with Crippen molar-refractivity contribution in [2.24, 2.45) is 4.99 Å². The van der Waals surface area contributed by atoms with Gasteiger partial charge in [-0.15, -0.1) is 0 Å². The molecule has 25 heavy (non-hydrogen) atoms. The molecule has 1 aromatic carbocycles. The third-order valence-electron chi connectivity index (χ3n) is 3.45. The van der Waals surface area contributed by atoms with Crippen molar-refractivity contribution in [1.29, 1.82) is 0 Å². The van der Waals surface area contributed by atoms with Crippen LogP contribution in [0.3, 0.4) is 0 Å². The molecule has 0 bridgehead atoms. The SMILES string of the molecule is CCNC(=NCCCOCc1ccc(OC)cc1)NCCCOCC. The second-order valence-electron chi connectivity index (χ2n) is 5.49. The Morgan fingerprint density at radius 3 is 2.44 bits per heavy atom. The lowest BCUT2D eigenvalue weighted by atomic mass is 10.2. The summed E-state index contributed by atoms with van der Waals surface area (Å²) < 4.78 is 16.2. The number of aliphatic imine (C=N–C) groups is 1. The molecule has 0 aliphatic rings. The molecule has 2 N–H and O–H groups in total. The third kappa shape index (κ3) is 10.6. The molecule has 6 nitrogen and oxygen atoms in total. The highest BCUT2D eigenvalue weighted by molar-refractivity contribution is 5.79. The molecule has 0 radical (unpaired) electrons. The van der Waals surface area contributed by atoms with Gasteiger partial charge in [0.1, 0.15) is 5.75 Å². The summed E-state index contributed by atoms with van der Waals surface area (Å²) in [7, 11) is 1.67. The van der Waals surface area contributed by atoms with Crippen LogP contribution in [0.15, 0.2) is 29.3 Å². The van der Waals surface area contributed by atoms with Gasteiger partial charge in [-0.05, 0) is 44.4 Å². The second-order valence-corrected chi connectivity index (χ2v) is 5.49. The van der Waals surface area contributed by atoms with Crippen LogP contribution in [0.5, 0.6) is 5.75 Å². The predicted molar refractivity (Wildman–Crippen MR) is 102 cm³/mol. The summed E-state index contributed by atoms with van der Waals surface area (Å²) in [6.45, 7) is 9.38. The summed E-state index contributed by atoms with van der Waals surface area (Å²) >= 11 is 0. The summed E-state index contributed by atoms with van der Waals surface area (Å²) in [6.07, 6.45) is 1.87. The van der Waals surface area contributed by atoms with E-state index in [1.165, 1.54) is 0 Å². The van der Waals surface area contributed by atoms with Crippen LogP contribution in [0.1, 0.15) is 32.3 Å². The number of benzene rings is 1. The molecule has 6 heteroatoms. The molecular formula is C19H33N3O3. The van der Waals surface area contributed by atoms with Crippen molar-refractivity contribution in [3.63, 3.8) is 0 Å². The van der Waals surface area contributed by atoms with Gasteiger partial charge < -0.3 is 24.8 Å². The number of ether oxygens (including phenoxy) is 3. The van der Waals surface area contributed by atoms with Gasteiger partial charge in [-0.25, -0.2) is 0 Å². The van der Waals surface area contributed by atoms with Crippen molar-refractivity contribution in [2.75, 3.05) is 46.6 Å². The quantitative estimate of drug-likeness (QED) is 0.325. The Balaban J connectivity index is 2.15. The molecule has 0 amide bonds. The van der Waals surface area contributed by atoms with Gasteiger partial charge in [0.2, 0.25) is 0 Å². The lowest BCUT2D eigenvalue weighted by molar-refractivity contribution is 0.120. The van der Waals surface area contributed by atoms with Crippen LogP contribution in [0, 0.1) is 0 Å². The standard InChI is InChI=1S/C19H33N3O3/c1-4-20-19(21-12-6-14-24-5-2)22-13-7-15-25-16-17-8-10-18(23-3)11-9-17/h8-11H,4-7,12-16H2,1-3H3,(H2,20,21,22). The van der Waals surface area contributed by atoms with E-state index in [1.54, 1.807) is 7.11 Å². The molecule has 0 fully saturated rings. The summed E-state index contributed by atoms with van der Waals surface area (Å²) in [5.74, 6) is 1.72. The zero-order valence-electron chi connectivity index (χ0n) is 15.8. The number of hydrogen-bond acceptors (Lipinski definition) is 4. The molecule has 142 valence electrons. The van der Waals surface area contributed by atoms with Crippen LogP contribution in [0.2, 0.25) is 0 Å². The largest absolute Gasteiger partial charge is 0.497 e. The predicted octanol–water partition coefficient (Wildman–Crippen LogP) is 2.58. The van der Waals surface area contributed by atoms with Gasteiger partial charge in [-0.3, -0.25) is 4.99 Å². The molecule has 0 aliphatic carbocycles. The average molecular weight is 351 g/mol. The molecule has 1 rings (SSSR count). The fourth-order valence-electron chi connectivity index (χ4n) is 2.14. The van der Waals surface area contributed by atoms with Gasteiger partial charge in [0.05, 0.1) is 13.7 Å². The van der Waals surface area contributed by atoms with E-state index in [9.17, 15) is 0 Å². The van der Waals surface area contributed by atoms with E-state index >= 15 is 0 Å². The maximum absolute atomic E-state index is 5.69. The van der Waals surface area contributed by atoms with E-state index in [0.29, 0.717) is 13.2 Å². The van der Waals surface area contributed by atoms with E-state index in [-0.39, 0.29) is 0 Å². The van der Waals surface area contributed by atoms with E-state index in [4.69, 9.17) is 14.2 Å². The zero-order valence-corrected chi connectivity index (χ0v) is 15.8. The van der Waals surface area contributed by atoms with Crippen LogP contribution in [-0.4, -0.2) is 52.5 Å². The van der Waals surface area contributed by atoms with Gasteiger partial charge >= 0.3 is 0 Å². The van der Waals surface area contributed by atoms with Crippen molar-refractivity contribution in [1.82, 2.24) is 10.6 Å². The minimum absolute atomic E-state index is 0.615. The first-order valence-corrected chi connectivity index (χ1v) is 9.10. The first kappa shape index (κ1) is 21.3. The molecule has 0 unspecified atom stereocenters. The van der Waals surface area contributed by atoms with E-state index in [0.717, 1.165) is 63.0 Å². The minimum Gasteiger partial charge on any atom is -0.497 e. The number of nitrogens with zero attached hydrogens (tertiary/aromatic N) is 1. The van der Waals surface area contributed by atoms with E-state index in [1.807, 2.05) is 31.2 Å². The first-order valence-electron chi connectivity index (χ1n) is 9.10. The highest BCUT2D eigenvalue weighted by atomic mass is 16.5. The Morgan fingerprint density at radius 1 is 1.00 bits per heavy atom. The molecular weight excluding hydrogens is 318 g/mol. The lowest BCUT2D eigenvalue weighted by Gasteiger charge is -2.11. The Labute approximate surface area is 152 Å². The third-order valence-corrected chi connectivity index (χ3v) is 3.45. The molecule has 0 saturated carbocycles. The fourth-order valence-corrected chi connectivity index (χ4v) is 2.14. The van der Waals surface area contributed by atoms with Crippen LogP contribution < -0.4 is 15.4 Å². The number of methoxy groups -OCH3 is 1. The van der Waals surface area contributed by atoms with Crippen LogP contribution in [-0.2, 0) is 16.1 Å². The first-order chi connectivity index (χ1) is 12.3. The number of rotatable bonds is 13. The Hall–Kier alpha value is -1.79. The Bertz CT molecular complexity index is 463. The van der Waals surface area contributed by atoms with Crippen LogP contribution >= 0.6 is 0 Å². The second kappa shape index (κ2) is 14.5. The van der Waals surface area contributed by atoms with E-state index < -0.39 is 0 Å². The maximum Gasteiger partial charge on any atom is 0.191 e. The molecule has 0 aliphatic heterocycles. The molecule has 0 spiro atoms. The number of guanidine groups is 1. The average Bonchev–Trinajstić information content (AvgIpc) is 2.64. The van der Waals surface area contributed by atoms with E-state index in [2.05, 4.69) is 22.5 Å². The van der Waals surface area contributed by atoms with Crippen LogP contribution in [0.4, 0.5) is 0 Å². The van der Waals surface area contributed by atoms with Crippen LogP contribution in [0.25, 0.3) is 0 Å². The van der Waals surface area contributed by atoms with Crippen molar-refractivity contribution in [3.8, 4) is 5.75 Å². The zero-order chi connectivity index (χ0) is 18.2. The van der Waals surface area contributed by atoms with Crippen molar-refractivity contribution < 1.29 is 14.2 Å². The van der Waals surface area contributed by atoms with Gasteiger partial charge in [-0.2, -0.15) is 0 Å². The van der Waals surface area contributed by atoms with Crippen molar-refractivity contribution in [3.05, 3.63) is 29.8 Å². The fraction of sp³-hybridized carbons (Fsp3) is 0.632. The molecule has 1 aromatic rings. The van der Waals surface area contributed by atoms with Crippen molar-refractivity contribution >= 4 is 5.96 Å². The molecule has 0 aromatic heterocycles. The molecule has 0 saturated heterocycles. The highest BCUT2D eigenvalue weighted by Gasteiger charge is 1.98. The Morgan fingerprint density at radius 2 is 1.76 bits per heavy atom. The molecule has 0 atom stereocenters. The normalized spacial score (nSPS) is 11.4. The number of nitrogens with one attached hydrogen (secondary N) is 2. The highest BCUT2D eigenvalue weighted by Crippen LogP contribution is 2.11. The molecule has 0 heterocycles. The smallest absolute Gasteiger partial charge is 0.191 e. The summed E-state index contributed by atoms with van der Waals surface area (Å²) in [6, 6.07) is 7.94. The Kier molecular flexibility index (Phi) is 12.4. The van der Waals surface area contributed by atoms with Gasteiger partial charge in [0, 0.05) is 39.5 Å². The van der Waals surface area contributed by atoms with Crippen molar-refractivity contribution in [2.45, 2.75) is 33.3 Å². The lowest BCUT2D eigenvalue weighted by Crippen LogP contribution is -2.38. The number of hydrogen-bond donors (Lipinski definition) is 2.